The molecule has 1 unspecified atom stereocenters. The lowest BCUT2D eigenvalue weighted by Gasteiger charge is -2.14. The first-order valence-electron chi connectivity index (χ1n) is 5.90. The Morgan fingerprint density at radius 3 is 2.39 bits per heavy atom. The van der Waals surface area contributed by atoms with Crippen LogP contribution in [0.2, 0.25) is 0 Å². The Morgan fingerprint density at radius 2 is 1.83 bits per heavy atom. The molecule has 1 aromatic rings. The number of benzene rings is 1. The first-order chi connectivity index (χ1) is 8.67. The zero-order valence-corrected chi connectivity index (χ0v) is 11.0. The Morgan fingerprint density at radius 1 is 1.22 bits per heavy atom. The summed E-state index contributed by atoms with van der Waals surface area (Å²) in [5.74, 6) is 1.28. The van der Waals surface area contributed by atoms with Gasteiger partial charge in [-0.2, -0.15) is 0 Å². The van der Waals surface area contributed by atoms with Gasteiger partial charge in [-0.15, -0.1) is 0 Å². The molecule has 2 N–H and O–H groups in total. The molecular weight excluding hydrogens is 232 g/mol. The molecule has 5 nitrogen and oxygen atoms in total. The highest BCUT2D eigenvalue weighted by Gasteiger charge is 2.13. The minimum Gasteiger partial charge on any atom is -0.497 e. The van der Waals surface area contributed by atoms with Crippen molar-refractivity contribution in [3.63, 3.8) is 0 Å². The van der Waals surface area contributed by atoms with E-state index in [0.717, 1.165) is 12.3 Å². The van der Waals surface area contributed by atoms with E-state index in [0.29, 0.717) is 12.3 Å². The third-order valence-corrected chi connectivity index (χ3v) is 2.42. The van der Waals surface area contributed by atoms with Gasteiger partial charge in [-0.3, -0.25) is 4.79 Å². The van der Waals surface area contributed by atoms with Crippen LogP contribution in [0.4, 0.5) is 0 Å². The number of nitrogens with one attached hydrogen (secondary N) is 2. The number of hydrogen-bond acceptors (Lipinski definition) is 4. The predicted octanol–water partition coefficient (Wildman–Crippen LogP) is 0.798. The summed E-state index contributed by atoms with van der Waals surface area (Å²) >= 11 is 0. The highest BCUT2D eigenvalue weighted by atomic mass is 16.5. The maximum Gasteiger partial charge on any atom is 0.260 e. The number of amides is 1. The highest BCUT2D eigenvalue weighted by molar-refractivity contribution is 5.80. The Kier molecular flexibility index (Phi) is 6.00. The molecule has 0 aliphatic heterocycles. The molecule has 0 fully saturated rings. The number of ether oxygens (including phenoxy) is 2. The first-order valence-corrected chi connectivity index (χ1v) is 5.90. The van der Waals surface area contributed by atoms with Crippen LogP contribution in [0.25, 0.3) is 0 Å². The number of rotatable bonds is 7. The van der Waals surface area contributed by atoms with E-state index in [4.69, 9.17) is 9.47 Å². The average Bonchev–Trinajstić information content (AvgIpc) is 2.39. The number of carbonyl (C=O) groups excluding carboxylic acids is 1. The molecule has 0 aliphatic carbocycles. The summed E-state index contributed by atoms with van der Waals surface area (Å²) in [6, 6.07) is 7.13. The van der Waals surface area contributed by atoms with E-state index in [-0.39, 0.29) is 5.91 Å². The van der Waals surface area contributed by atoms with Gasteiger partial charge in [0.1, 0.15) is 11.5 Å². The van der Waals surface area contributed by atoms with Crippen molar-refractivity contribution < 1.29 is 14.3 Å². The van der Waals surface area contributed by atoms with Crippen molar-refractivity contribution in [1.29, 1.82) is 0 Å². The second-order valence-electron chi connectivity index (χ2n) is 3.83. The van der Waals surface area contributed by atoms with E-state index in [1.54, 1.807) is 38.3 Å². The van der Waals surface area contributed by atoms with Gasteiger partial charge in [0.15, 0.2) is 6.10 Å². The number of methoxy groups -OCH3 is 1. The van der Waals surface area contributed by atoms with E-state index in [9.17, 15) is 4.79 Å². The lowest BCUT2D eigenvalue weighted by molar-refractivity contribution is -0.127. The van der Waals surface area contributed by atoms with Gasteiger partial charge in [-0.05, 0) is 38.2 Å². The molecule has 0 saturated heterocycles. The molecule has 0 bridgehead atoms. The normalized spacial score (nSPS) is 11.7. The quantitative estimate of drug-likeness (QED) is 0.705. The SMILES string of the molecule is CNCCNC(=O)C(C)Oc1ccc(OC)cc1. The predicted molar refractivity (Wildman–Crippen MR) is 70.0 cm³/mol. The average molecular weight is 252 g/mol. The summed E-state index contributed by atoms with van der Waals surface area (Å²) in [6.07, 6.45) is -0.518. The molecule has 0 aliphatic rings. The van der Waals surface area contributed by atoms with Gasteiger partial charge in [-0.1, -0.05) is 0 Å². The summed E-state index contributed by atoms with van der Waals surface area (Å²) in [7, 11) is 3.44. The molecule has 1 atom stereocenters. The van der Waals surface area contributed by atoms with E-state index < -0.39 is 6.10 Å². The Hall–Kier alpha value is -1.75. The maximum atomic E-state index is 11.7. The van der Waals surface area contributed by atoms with E-state index >= 15 is 0 Å². The Bertz CT molecular complexity index is 365. The summed E-state index contributed by atoms with van der Waals surface area (Å²) in [6.45, 7) is 3.05. The lowest BCUT2D eigenvalue weighted by atomic mass is 10.3. The minimum absolute atomic E-state index is 0.124. The Balaban J connectivity index is 2.42. The molecule has 100 valence electrons. The maximum absolute atomic E-state index is 11.7. The standard InChI is InChI=1S/C13H20N2O3/c1-10(13(16)15-9-8-14-2)18-12-6-4-11(17-3)5-7-12/h4-7,10,14H,8-9H2,1-3H3,(H,15,16). The number of likely N-dealkylation sites (N-methyl/N-ethyl adjacent to an activating group) is 1. The highest BCUT2D eigenvalue weighted by Crippen LogP contribution is 2.18. The van der Waals surface area contributed by atoms with Crippen LogP contribution in [0, 0.1) is 0 Å². The van der Waals surface area contributed by atoms with Crippen LogP contribution in [0.15, 0.2) is 24.3 Å². The van der Waals surface area contributed by atoms with Crippen molar-refractivity contribution in [3.8, 4) is 11.5 Å². The van der Waals surface area contributed by atoms with Crippen LogP contribution in [-0.2, 0) is 4.79 Å². The molecule has 0 spiro atoms. The second-order valence-corrected chi connectivity index (χ2v) is 3.83. The van der Waals surface area contributed by atoms with Crippen molar-refractivity contribution >= 4 is 5.91 Å². The molecular formula is C13H20N2O3. The minimum atomic E-state index is -0.518. The van der Waals surface area contributed by atoms with E-state index in [2.05, 4.69) is 10.6 Å². The smallest absolute Gasteiger partial charge is 0.260 e. The largest absolute Gasteiger partial charge is 0.497 e. The van der Waals surface area contributed by atoms with E-state index in [1.165, 1.54) is 0 Å². The molecule has 1 rings (SSSR count). The van der Waals surface area contributed by atoms with Crippen molar-refractivity contribution in [3.05, 3.63) is 24.3 Å². The summed E-state index contributed by atoms with van der Waals surface area (Å²) in [4.78, 5) is 11.7. The van der Waals surface area contributed by atoms with Gasteiger partial charge in [0.2, 0.25) is 0 Å². The summed E-state index contributed by atoms with van der Waals surface area (Å²) < 4.78 is 10.6. The van der Waals surface area contributed by atoms with Crippen LogP contribution < -0.4 is 20.1 Å². The molecule has 0 radical (unpaired) electrons. The molecule has 0 aromatic heterocycles. The van der Waals surface area contributed by atoms with Gasteiger partial charge >= 0.3 is 0 Å². The fraction of sp³-hybridized carbons (Fsp3) is 0.462. The molecule has 1 aromatic carbocycles. The van der Waals surface area contributed by atoms with Crippen molar-refractivity contribution in [2.45, 2.75) is 13.0 Å². The summed E-state index contributed by atoms with van der Waals surface area (Å²) in [5.41, 5.74) is 0. The third kappa shape index (κ3) is 4.63. The zero-order chi connectivity index (χ0) is 13.4. The van der Waals surface area contributed by atoms with Gasteiger partial charge in [0.05, 0.1) is 7.11 Å². The topological polar surface area (TPSA) is 59.6 Å². The van der Waals surface area contributed by atoms with Gasteiger partial charge < -0.3 is 20.1 Å². The Labute approximate surface area is 107 Å². The molecule has 18 heavy (non-hydrogen) atoms. The molecule has 1 amide bonds. The van der Waals surface area contributed by atoms with Gasteiger partial charge in [0.25, 0.3) is 5.91 Å². The monoisotopic (exact) mass is 252 g/mol. The third-order valence-electron chi connectivity index (χ3n) is 2.42. The summed E-state index contributed by atoms with van der Waals surface area (Å²) in [5, 5.41) is 5.73. The van der Waals surface area contributed by atoms with E-state index in [1.807, 2.05) is 7.05 Å². The van der Waals surface area contributed by atoms with Crippen molar-refractivity contribution in [2.75, 3.05) is 27.2 Å². The lowest BCUT2D eigenvalue weighted by Crippen LogP contribution is -2.39. The molecule has 5 heteroatoms. The van der Waals surface area contributed by atoms with Crippen LogP contribution in [0.3, 0.4) is 0 Å². The second kappa shape index (κ2) is 7.55. The fourth-order valence-electron chi connectivity index (χ4n) is 1.37. The van der Waals surface area contributed by atoms with Crippen LogP contribution in [0.1, 0.15) is 6.92 Å². The molecule has 0 heterocycles. The van der Waals surface area contributed by atoms with Crippen molar-refractivity contribution in [2.24, 2.45) is 0 Å². The van der Waals surface area contributed by atoms with Crippen LogP contribution in [0.5, 0.6) is 11.5 Å². The number of hydrogen-bond donors (Lipinski definition) is 2. The molecule has 0 saturated carbocycles. The van der Waals surface area contributed by atoms with Crippen molar-refractivity contribution in [1.82, 2.24) is 10.6 Å². The van der Waals surface area contributed by atoms with Crippen LogP contribution in [-0.4, -0.2) is 39.3 Å². The number of carbonyl (C=O) groups is 1. The van der Waals surface area contributed by atoms with Gasteiger partial charge in [0, 0.05) is 13.1 Å². The first kappa shape index (κ1) is 14.3. The zero-order valence-electron chi connectivity index (χ0n) is 11.0. The van der Waals surface area contributed by atoms with Gasteiger partial charge in [-0.25, -0.2) is 0 Å². The van der Waals surface area contributed by atoms with Crippen LogP contribution >= 0.6 is 0 Å². The fourth-order valence-corrected chi connectivity index (χ4v) is 1.37.